The van der Waals surface area contributed by atoms with Crippen LogP contribution in [0.25, 0.3) is 0 Å². The molecule has 1 aromatic heterocycles. The van der Waals surface area contributed by atoms with Crippen molar-refractivity contribution in [3.8, 4) is 11.8 Å². The van der Waals surface area contributed by atoms with Gasteiger partial charge in [0.2, 0.25) is 0 Å². The molecular weight excluding hydrogens is 270 g/mol. The summed E-state index contributed by atoms with van der Waals surface area (Å²) in [6.45, 7) is 3.08. The van der Waals surface area contributed by atoms with E-state index in [1.165, 1.54) is 24.1 Å². The van der Waals surface area contributed by atoms with Crippen LogP contribution in [0.15, 0.2) is 11.4 Å². The van der Waals surface area contributed by atoms with Gasteiger partial charge < -0.3 is 9.84 Å². The van der Waals surface area contributed by atoms with Crippen LogP contribution < -0.4 is 0 Å². The SMILES string of the molecule is OCCC#Cc1csc(CN2CCOC3CCCC32)c1. The second-order valence-corrected chi connectivity index (χ2v) is 6.45. The van der Waals surface area contributed by atoms with Gasteiger partial charge >= 0.3 is 0 Å². The molecule has 2 atom stereocenters. The number of aliphatic hydroxyl groups excluding tert-OH is 1. The van der Waals surface area contributed by atoms with Crippen molar-refractivity contribution >= 4 is 11.3 Å². The Morgan fingerprint density at radius 3 is 3.30 bits per heavy atom. The van der Waals surface area contributed by atoms with Gasteiger partial charge in [0.05, 0.1) is 19.3 Å². The molecule has 2 unspecified atom stereocenters. The number of morpholine rings is 1. The third kappa shape index (κ3) is 3.24. The van der Waals surface area contributed by atoms with Crippen molar-refractivity contribution in [3.05, 3.63) is 21.9 Å². The second-order valence-electron chi connectivity index (χ2n) is 5.46. The molecule has 0 spiro atoms. The maximum absolute atomic E-state index is 8.73. The van der Waals surface area contributed by atoms with Gasteiger partial charge in [-0.05, 0) is 25.3 Å². The number of ether oxygens (including phenoxy) is 1. The van der Waals surface area contributed by atoms with Crippen molar-refractivity contribution in [2.24, 2.45) is 0 Å². The molecule has 1 saturated heterocycles. The molecule has 2 aliphatic rings. The quantitative estimate of drug-likeness (QED) is 0.867. The Morgan fingerprint density at radius 2 is 2.40 bits per heavy atom. The molecule has 0 bridgehead atoms. The summed E-state index contributed by atoms with van der Waals surface area (Å²) >= 11 is 1.79. The van der Waals surface area contributed by atoms with Gasteiger partial charge in [-0.1, -0.05) is 11.8 Å². The van der Waals surface area contributed by atoms with E-state index in [1.54, 1.807) is 11.3 Å². The zero-order chi connectivity index (χ0) is 13.8. The molecule has 3 rings (SSSR count). The van der Waals surface area contributed by atoms with Crippen molar-refractivity contribution in [2.75, 3.05) is 19.8 Å². The highest BCUT2D eigenvalue weighted by molar-refractivity contribution is 7.10. The minimum absolute atomic E-state index is 0.140. The molecule has 108 valence electrons. The fourth-order valence-corrected chi connectivity index (χ4v) is 3.99. The summed E-state index contributed by atoms with van der Waals surface area (Å²) in [6.07, 6.45) is 4.82. The van der Waals surface area contributed by atoms with Gasteiger partial charge in [-0.25, -0.2) is 0 Å². The highest BCUT2D eigenvalue weighted by atomic mass is 32.1. The molecule has 4 heteroatoms. The van der Waals surface area contributed by atoms with Crippen molar-refractivity contribution in [3.63, 3.8) is 0 Å². The molecule has 1 aromatic rings. The Bertz CT molecular complexity index is 502. The van der Waals surface area contributed by atoms with Crippen LogP contribution >= 0.6 is 11.3 Å². The van der Waals surface area contributed by atoms with Crippen LogP contribution in [0.1, 0.15) is 36.1 Å². The van der Waals surface area contributed by atoms with E-state index in [0.717, 1.165) is 25.3 Å². The summed E-state index contributed by atoms with van der Waals surface area (Å²) in [5, 5.41) is 10.9. The highest BCUT2D eigenvalue weighted by Crippen LogP contribution is 2.31. The molecule has 0 amide bonds. The largest absolute Gasteiger partial charge is 0.395 e. The Morgan fingerprint density at radius 1 is 1.45 bits per heavy atom. The van der Waals surface area contributed by atoms with E-state index in [9.17, 15) is 0 Å². The first-order valence-electron chi connectivity index (χ1n) is 7.39. The number of hydrogen-bond donors (Lipinski definition) is 1. The van der Waals surface area contributed by atoms with E-state index in [1.807, 2.05) is 0 Å². The predicted molar refractivity (Wildman–Crippen MR) is 80.7 cm³/mol. The lowest BCUT2D eigenvalue weighted by Crippen LogP contribution is -2.47. The maximum atomic E-state index is 8.73. The zero-order valence-corrected chi connectivity index (χ0v) is 12.5. The average Bonchev–Trinajstić information content (AvgIpc) is 3.09. The van der Waals surface area contributed by atoms with Crippen LogP contribution in [0.3, 0.4) is 0 Å². The van der Waals surface area contributed by atoms with Crippen molar-refractivity contribution in [2.45, 2.75) is 44.4 Å². The zero-order valence-electron chi connectivity index (χ0n) is 11.7. The number of aliphatic hydroxyl groups is 1. The van der Waals surface area contributed by atoms with E-state index < -0.39 is 0 Å². The van der Waals surface area contributed by atoms with Gasteiger partial charge in [-0.3, -0.25) is 4.90 Å². The predicted octanol–water partition coefficient (Wildman–Crippen LogP) is 2.24. The van der Waals surface area contributed by atoms with E-state index in [-0.39, 0.29) is 6.61 Å². The molecule has 20 heavy (non-hydrogen) atoms. The molecule has 1 saturated carbocycles. The second kappa shape index (κ2) is 6.73. The summed E-state index contributed by atoms with van der Waals surface area (Å²) in [7, 11) is 0. The number of nitrogens with zero attached hydrogens (tertiary/aromatic N) is 1. The molecule has 3 nitrogen and oxygen atoms in total. The third-order valence-corrected chi connectivity index (χ3v) is 5.00. The lowest BCUT2D eigenvalue weighted by molar-refractivity contribution is -0.0584. The third-order valence-electron chi connectivity index (χ3n) is 4.08. The van der Waals surface area contributed by atoms with Gasteiger partial charge in [-0.2, -0.15) is 0 Å². The molecule has 1 aliphatic carbocycles. The fourth-order valence-electron chi connectivity index (χ4n) is 3.15. The van der Waals surface area contributed by atoms with Crippen LogP contribution in [-0.4, -0.2) is 41.9 Å². The highest BCUT2D eigenvalue weighted by Gasteiger charge is 2.35. The molecule has 1 N–H and O–H groups in total. The Hall–Kier alpha value is -0.860. The minimum atomic E-state index is 0.140. The first-order valence-corrected chi connectivity index (χ1v) is 8.27. The molecule has 1 aliphatic heterocycles. The maximum Gasteiger partial charge on any atom is 0.0731 e. The summed E-state index contributed by atoms with van der Waals surface area (Å²) in [6, 6.07) is 2.81. The van der Waals surface area contributed by atoms with E-state index in [4.69, 9.17) is 9.84 Å². The molecular formula is C16H21NO2S. The van der Waals surface area contributed by atoms with Crippen LogP contribution in [0.2, 0.25) is 0 Å². The molecule has 2 fully saturated rings. The summed E-state index contributed by atoms with van der Waals surface area (Å²) in [5.41, 5.74) is 1.08. The van der Waals surface area contributed by atoms with Crippen molar-refractivity contribution in [1.82, 2.24) is 4.90 Å². The van der Waals surface area contributed by atoms with Crippen molar-refractivity contribution < 1.29 is 9.84 Å². The van der Waals surface area contributed by atoms with E-state index in [0.29, 0.717) is 18.6 Å². The van der Waals surface area contributed by atoms with Gasteiger partial charge in [0.1, 0.15) is 0 Å². The minimum Gasteiger partial charge on any atom is -0.395 e. The number of hydrogen-bond acceptors (Lipinski definition) is 4. The molecule has 0 aromatic carbocycles. The number of rotatable bonds is 3. The summed E-state index contributed by atoms with van der Waals surface area (Å²) in [5.74, 6) is 6.09. The average molecular weight is 291 g/mol. The van der Waals surface area contributed by atoms with Gasteiger partial charge in [0.25, 0.3) is 0 Å². The number of fused-ring (bicyclic) bond motifs is 1. The summed E-state index contributed by atoms with van der Waals surface area (Å²) < 4.78 is 5.86. The van der Waals surface area contributed by atoms with Gasteiger partial charge in [0.15, 0.2) is 0 Å². The molecule has 2 heterocycles. The van der Waals surface area contributed by atoms with Gasteiger partial charge in [-0.15, -0.1) is 11.3 Å². The van der Waals surface area contributed by atoms with Gasteiger partial charge in [0, 0.05) is 41.4 Å². The van der Waals surface area contributed by atoms with E-state index >= 15 is 0 Å². The Labute approximate surface area is 124 Å². The van der Waals surface area contributed by atoms with E-state index in [2.05, 4.69) is 28.2 Å². The first-order chi connectivity index (χ1) is 9.86. The fraction of sp³-hybridized carbons (Fsp3) is 0.625. The lowest BCUT2D eigenvalue weighted by Gasteiger charge is -2.37. The first kappa shape index (κ1) is 14.1. The Kier molecular flexibility index (Phi) is 4.74. The van der Waals surface area contributed by atoms with Crippen LogP contribution in [-0.2, 0) is 11.3 Å². The summed E-state index contributed by atoms with van der Waals surface area (Å²) in [4.78, 5) is 3.96. The standard InChI is InChI=1S/C16H21NO2S/c18-8-2-1-4-13-10-14(20-12-13)11-17-7-9-19-16-6-3-5-15(16)17/h10,12,15-16,18H,2-3,5-9,11H2. The normalized spacial score (nSPS) is 26.1. The van der Waals surface area contributed by atoms with Crippen molar-refractivity contribution in [1.29, 1.82) is 0 Å². The van der Waals surface area contributed by atoms with Crippen LogP contribution in [0, 0.1) is 11.8 Å². The monoisotopic (exact) mass is 291 g/mol. The Balaban J connectivity index is 1.61. The topological polar surface area (TPSA) is 32.7 Å². The number of thiophene rings is 1. The van der Waals surface area contributed by atoms with Crippen LogP contribution in [0.5, 0.6) is 0 Å². The molecule has 0 radical (unpaired) electrons. The smallest absolute Gasteiger partial charge is 0.0731 e. The lowest BCUT2D eigenvalue weighted by atomic mass is 10.1. The van der Waals surface area contributed by atoms with Crippen LogP contribution in [0.4, 0.5) is 0 Å².